The van der Waals surface area contributed by atoms with E-state index in [-0.39, 0.29) is 193 Å². The van der Waals surface area contributed by atoms with Gasteiger partial charge in [-0.05, 0) is 127 Å². The van der Waals surface area contributed by atoms with Crippen molar-refractivity contribution in [3.8, 4) is 11.1 Å². The topological polar surface area (TPSA) is 425 Å². The van der Waals surface area contributed by atoms with E-state index in [9.17, 15) is 62.3 Å². The first-order chi connectivity index (χ1) is 68.9. The number of likely N-dealkylation sites (N-methyl/N-ethyl adjacent to an activating group) is 2. The number of benzene rings is 4. The van der Waals surface area contributed by atoms with Gasteiger partial charge in [-0.3, -0.25) is 52.8 Å². The zero-order valence-corrected chi connectivity index (χ0v) is 87.8. The predicted octanol–water partition coefficient (Wildman–Crippen LogP) is 13.1. The first-order valence-corrected chi connectivity index (χ1v) is 51.4. The highest BCUT2D eigenvalue weighted by Crippen LogP contribution is 2.45. The fraction of sp³-hybridized carbons (Fsp3) is 0.565. The Kier molecular flexibility index (Phi) is 46.2. The molecule has 7 N–H and O–H groups in total. The number of piperidine rings is 1. The van der Waals surface area contributed by atoms with Gasteiger partial charge in [0.05, 0.1) is 88.1 Å². The number of ketones is 2. The van der Waals surface area contributed by atoms with Crippen molar-refractivity contribution in [3.05, 3.63) is 178 Å². The Labute approximate surface area is 851 Å². The average molecular weight is 2010 g/mol. The number of carboxylic acid groups (broad SMARTS) is 1. The van der Waals surface area contributed by atoms with Gasteiger partial charge in [0.15, 0.2) is 5.78 Å². The van der Waals surface area contributed by atoms with Gasteiger partial charge in [0, 0.05) is 161 Å². The Bertz CT molecular complexity index is 5300. The number of pyridine rings is 1. The second kappa shape index (κ2) is 57.6. The average Bonchev–Trinajstić information content (AvgIpc) is 1.61. The molecule has 0 radical (unpaired) electrons. The number of hydrazine groups is 1. The Morgan fingerprint density at radius 3 is 1.92 bits per heavy atom. The smallest absolute Gasteiger partial charge is 0.424 e. The molecule has 36 heteroatoms. The maximum Gasteiger partial charge on any atom is 0.424 e. The minimum absolute atomic E-state index is 0.0105. The highest BCUT2D eigenvalue weighted by molar-refractivity contribution is 7.09. The number of hydrogen-bond acceptors (Lipinski definition) is 23. The quantitative estimate of drug-likeness (QED) is 0.0152. The van der Waals surface area contributed by atoms with Gasteiger partial charge in [0.25, 0.3) is 0 Å². The number of aliphatic carboxylic acids is 1. The van der Waals surface area contributed by atoms with E-state index in [4.69, 9.17) is 39.3 Å². The number of amides is 11. The fourth-order valence-electron chi connectivity index (χ4n) is 19.4. The van der Waals surface area contributed by atoms with Crippen LogP contribution in [0.1, 0.15) is 210 Å². The summed E-state index contributed by atoms with van der Waals surface area (Å²) in [5.74, 6) is -5.68. The summed E-state index contributed by atoms with van der Waals surface area (Å²) in [5.41, 5.74) is 14.3. The van der Waals surface area contributed by atoms with Crippen molar-refractivity contribution in [2.45, 2.75) is 253 Å². The molecule has 11 atom stereocenters. The fourth-order valence-corrected chi connectivity index (χ4v) is 20.1. The Morgan fingerprint density at radius 2 is 1.31 bits per heavy atom. The molecule has 35 nitrogen and oxygen atoms in total. The molecule has 5 heterocycles. The van der Waals surface area contributed by atoms with Crippen molar-refractivity contribution in [1.29, 1.82) is 0 Å². The number of Topliss-reactive ketones (excluding diaryl/α,β-unsaturated/α-hetero) is 2. The van der Waals surface area contributed by atoms with E-state index in [2.05, 4.69) is 55.5 Å². The molecule has 11 amide bonds. The number of urea groups is 1. The van der Waals surface area contributed by atoms with Crippen LogP contribution < -0.4 is 27.0 Å². The lowest BCUT2D eigenvalue weighted by Gasteiger charge is -2.41. The number of carbonyl (C=O) groups excluding carboxylic acids is 12. The van der Waals surface area contributed by atoms with Crippen molar-refractivity contribution < 1.29 is 95.9 Å². The Morgan fingerprint density at radius 1 is 0.639 bits per heavy atom. The molecule has 0 unspecified atom stereocenters. The van der Waals surface area contributed by atoms with Crippen molar-refractivity contribution >= 4 is 99.5 Å². The van der Waals surface area contributed by atoms with Crippen LogP contribution in [-0.4, -0.2) is 288 Å². The number of carboxylic acids is 1. The van der Waals surface area contributed by atoms with Gasteiger partial charge in [0.2, 0.25) is 41.4 Å². The van der Waals surface area contributed by atoms with E-state index in [1.165, 1.54) is 28.3 Å². The standard InChI is InChI=1S/C58H79N9O12.C50H74N6O8S/c1-6-51(69)50(18-12-26-61-57(59)75)62-56(74)48(39(2)3)36-43(68)19-20-53(71)66(30-32-78-34-33-77-31-24-54(72)73)41-21-27-65(28-22-41)52(70)23-29-67-42(35-40-13-11-25-60-55(40)67)37-63(4)64(5)58(76)79-38-49-46-16-9-7-14-44(46)45-15-8-10-17-47(45)49;1-13-34(7)44(54(9)49(60)42(31(2)3)53-47(59)43(32(4)5)55(10)50(61)64-30-37-23-21-33(6)22-24-37)40(62-11)29-41(57)56-26-17-20-39(56)45(63-12)35(8)46(58)52-38(48-51-25-27-65-48)28-36-18-15-14-16-19-36/h7-11,13-17,25,35,39,41,48-50H,6,12,18-24,26-34,36-38H2,1-5H3,(H,62,74)(H,72,73)(H3,59,61,75);14-16,18-19,21-25,27,31-32,34-35,38-40,42-45H,13,17,20,26,28-30H2,1-12H3,(H,52,58)(H,53,59)/t48-,50-;34-,35+,38-,39-,40+,42-,43-,44-,45+/m00/s1. The number of hydrogen-bond donors (Lipinski definition) is 6. The number of methoxy groups -OCH3 is 2. The summed E-state index contributed by atoms with van der Waals surface area (Å²) in [6, 6.07) is 35.0. The van der Waals surface area contributed by atoms with Crippen molar-refractivity contribution in [1.82, 2.24) is 70.3 Å². The van der Waals surface area contributed by atoms with E-state index in [1.807, 2.05) is 181 Å². The van der Waals surface area contributed by atoms with Crippen LogP contribution in [0.3, 0.4) is 0 Å². The third kappa shape index (κ3) is 33.0. The summed E-state index contributed by atoms with van der Waals surface area (Å²) in [6.07, 6.45) is 5.27. The van der Waals surface area contributed by atoms with Crippen LogP contribution in [0.15, 0.2) is 139 Å². The number of aryl methyl sites for hydroxylation is 2. The molecule has 10 rings (SSSR count). The monoisotopic (exact) mass is 2010 g/mol. The van der Waals surface area contributed by atoms with Gasteiger partial charge in [-0.2, -0.15) is 0 Å². The van der Waals surface area contributed by atoms with Gasteiger partial charge in [-0.15, -0.1) is 11.3 Å². The highest BCUT2D eigenvalue weighted by Gasteiger charge is 2.45. The van der Waals surface area contributed by atoms with E-state index in [0.29, 0.717) is 76.9 Å². The zero-order chi connectivity index (χ0) is 105. The number of ether oxygens (including phenoxy) is 6. The predicted molar refractivity (Wildman–Crippen MR) is 549 cm³/mol. The molecule has 786 valence electrons. The van der Waals surface area contributed by atoms with Crippen LogP contribution in [-0.2, 0) is 102 Å². The summed E-state index contributed by atoms with van der Waals surface area (Å²) >= 11 is 1.49. The maximum atomic E-state index is 14.6. The van der Waals surface area contributed by atoms with Gasteiger partial charge in [-0.1, -0.05) is 184 Å². The lowest BCUT2D eigenvalue weighted by atomic mass is 9.88. The van der Waals surface area contributed by atoms with Crippen LogP contribution in [0.2, 0.25) is 0 Å². The summed E-state index contributed by atoms with van der Waals surface area (Å²) in [4.78, 5) is 191. The normalized spacial score (nSPS) is 15.7. The molecular formula is C108H153N15O20S. The summed E-state index contributed by atoms with van der Waals surface area (Å²) < 4.78 is 36.8. The van der Waals surface area contributed by atoms with Crippen LogP contribution in [0.5, 0.6) is 0 Å². The van der Waals surface area contributed by atoms with Gasteiger partial charge >= 0.3 is 24.2 Å². The molecule has 2 aliphatic heterocycles. The molecule has 144 heavy (non-hydrogen) atoms. The molecule has 0 saturated carbocycles. The number of carbonyl (C=O) groups is 13. The number of fused-ring (bicyclic) bond motifs is 4. The lowest BCUT2D eigenvalue weighted by molar-refractivity contribution is -0.148. The molecule has 2 saturated heterocycles. The van der Waals surface area contributed by atoms with E-state index < -0.39 is 84.2 Å². The number of nitrogens with one attached hydrogen (secondary N) is 4. The Hall–Kier alpha value is -12.1. The molecule has 2 fully saturated rings. The van der Waals surface area contributed by atoms with Gasteiger partial charge in [0.1, 0.15) is 41.7 Å². The van der Waals surface area contributed by atoms with Crippen LogP contribution in [0.4, 0.5) is 14.4 Å². The number of likely N-dealkylation sites (tertiary alicyclic amines) is 2. The molecule has 3 aliphatic rings. The number of rotatable bonds is 55. The minimum atomic E-state index is -0.969. The van der Waals surface area contributed by atoms with Crippen LogP contribution >= 0.6 is 11.3 Å². The zero-order valence-electron chi connectivity index (χ0n) is 87.0. The van der Waals surface area contributed by atoms with E-state index in [0.717, 1.165) is 61.5 Å². The molecule has 3 aromatic heterocycles. The molecule has 0 bridgehead atoms. The van der Waals surface area contributed by atoms with E-state index in [1.54, 1.807) is 74.4 Å². The number of nitrogens with two attached hydrogens (primary N) is 1. The molecular weight excluding hydrogens is 1860 g/mol. The first-order valence-electron chi connectivity index (χ1n) is 50.6. The van der Waals surface area contributed by atoms with Crippen molar-refractivity contribution in [3.63, 3.8) is 0 Å². The van der Waals surface area contributed by atoms with Gasteiger partial charge < -0.3 is 84.7 Å². The number of aromatic nitrogens is 3. The lowest BCUT2D eigenvalue weighted by Crippen LogP contribution is -2.60. The third-order valence-electron chi connectivity index (χ3n) is 27.8. The summed E-state index contributed by atoms with van der Waals surface area (Å²) in [6.45, 7) is 23.8. The van der Waals surface area contributed by atoms with E-state index >= 15 is 0 Å². The van der Waals surface area contributed by atoms with Crippen molar-refractivity contribution in [2.75, 3.05) is 108 Å². The molecule has 4 aromatic carbocycles. The Balaban J connectivity index is 0.000000327. The third-order valence-corrected chi connectivity index (χ3v) is 28.7. The first kappa shape index (κ1) is 115. The maximum absolute atomic E-state index is 14.6. The summed E-state index contributed by atoms with van der Waals surface area (Å²) in [7, 11) is 9.83. The SMILES string of the molecule is CCC(=O)[C@H](CCCNC(N)=O)NC(=O)[C@@H](CC(=O)CCC(=O)N(CCOCCOCCC(=O)O)C1CCN(C(=O)CCn2c(CN(C)N(C)C(=O)OCC3c4ccccc4-c4ccccc43)cc3cccnc32)CC1)C(C)C.CC[C@H](C)[C@@H]([C@@H](CC(=O)N1CCC[C@H]1[C@H](OC)[C@@H](C)C(=O)N[C@@H](Cc1ccccc1)c1nccs1)OC)N(C)C(=O)[C@@H](NC(=O)[C@H](C(C)C)N(C)C(=O)OCc1ccc(C)cc1)C(C)C. The second-order valence-electron chi connectivity index (χ2n) is 38.9. The highest BCUT2D eigenvalue weighted by atomic mass is 32.1. The van der Waals surface area contributed by atoms with Gasteiger partial charge in [-0.25, -0.2) is 34.4 Å². The van der Waals surface area contributed by atoms with Crippen LogP contribution in [0, 0.1) is 42.4 Å². The molecule has 7 aromatic rings. The number of nitrogens with zero attached hydrogens (tertiary/aromatic N) is 10. The number of thiazole rings is 1. The number of primary amides is 1. The molecule has 1 aliphatic carbocycles. The van der Waals surface area contributed by atoms with Crippen molar-refractivity contribution in [2.24, 2.45) is 41.2 Å². The summed E-state index contributed by atoms with van der Waals surface area (Å²) in [5, 5.41) is 27.2. The second-order valence-corrected chi connectivity index (χ2v) is 39.8. The molecule has 0 spiro atoms. The van der Waals surface area contributed by atoms with Crippen LogP contribution in [0.25, 0.3) is 22.2 Å². The largest absolute Gasteiger partial charge is 0.481 e. The minimum Gasteiger partial charge on any atom is -0.481 e.